The van der Waals surface area contributed by atoms with E-state index in [9.17, 15) is 30.6 Å². The van der Waals surface area contributed by atoms with E-state index in [1.54, 1.807) is 73.1 Å². The molecule has 0 saturated heterocycles. The first-order valence-electron chi connectivity index (χ1n) is 21.7. The average Bonchev–Trinajstić information content (AvgIpc) is 3.37. The number of nitriles is 2. The molecule has 7 aromatic rings. The smallest absolute Gasteiger partial charge is 0.326 e. The number of nitrogens with one attached hydrogen (secondary N) is 1. The number of halogens is 2. The number of hydrogen-bond donors (Lipinski definition) is 4. The average molecular weight is 965 g/mol. The van der Waals surface area contributed by atoms with Gasteiger partial charge in [-0.15, -0.1) is 0 Å². The minimum Gasteiger partial charge on any atom is -0.488 e. The summed E-state index contributed by atoms with van der Waals surface area (Å²) < 4.78 is 25.0. The van der Waals surface area contributed by atoms with Gasteiger partial charge in [0.2, 0.25) is 0 Å². The van der Waals surface area contributed by atoms with Crippen molar-refractivity contribution < 1.29 is 39.1 Å². The molecule has 5 aromatic carbocycles. The minimum absolute atomic E-state index is 0.0150. The summed E-state index contributed by atoms with van der Waals surface area (Å²) in [6, 6.07) is 35.0. The summed E-state index contributed by atoms with van der Waals surface area (Å²) in [7, 11) is 0. The van der Waals surface area contributed by atoms with Crippen LogP contribution in [-0.2, 0) is 50.8 Å². The summed E-state index contributed by atoms with van der Waals surface area (Å²) in [5, 5.41) is 53.2. The highest BCUT2D eigenvalue weighted by atomic mass is 35.5. The number of benzene rings is 5. The van der Waals surface area contributed by atoms with Gasteiger partial charge in [-0.25, -0.2) is 0 Å². The number of aliphatic carboxylic acids is 1. The Kier molecular flexibility index (Phi) is 16.5. The third-order valence-corrected chi connectivity index (χ3v) is 12.2. The van der Waals surface area contributed by atoms with Crippen LogP contribution in [0.2, 0.25) is 10.0 Å². The molecule has 13 nitrogen and oxygen atoms in total. The Hall–Kier alpha value is -7.49. The van der Waals surface area contributed by atoms with Crippen LogP contribution in [0.3, 0.4) is 0 Å². The highest BCUT2D eigenvalue weighted by molar-refractivity contribution is 6.32. The highest BCUT2D eigenvalue weighted by Gasteiger charge is 2.38. The van der Waals surface area contributed by atoms with Crippen molar-refractivity contribution in [3.05, 3.63) is 199 Å². The van der Waals surface area contributed by atoms with Crippen molar-refractivity contribution in [2.24, 2.45) is 0 Å². The second-order valence-corrected chi connectivity index (χ2v) is 17.0. The molecule has 0 fully saturated rings. The van der Waals surface area contributed by atoms with Crippen molar-refractivity contribution in [3.63, 3.8) is 0 Å². The standard InChI is InChI=1S/C54H47Cl2N5O8/c1-34-41(10-6-12-45(34)46-13-7-11-42(35(46)2)32-69-52-19-50(44(28-62)17-48(52)56)67-30-40-15-38(22-58)24-60-26-40)31-68-51-18-49(66-29-39-14-37(21-57)23-59-25-39)43(16-47(51)55)27-61-54(33-63,53(64)65)20-36-8-4-3-5-9-36/h3-19,23-26,61-63H,20,27-33H2,1-2H3,(H,64,65). The van der Waals surface area contributed by atoms with Gasteiger partial charge in [0.05, 0.1) is 34.4 Å². The van der Waals surface area contributed by atoms with Crippen molar-refractivity contribution in [1.82, 2.24) is 15.3 Å². The van der Waals surface area contributed by atoms with Crippen molar-refractivity contribution in [2.75, 3.05) is 6.61 Å². The molecule has 0 amide bonds. The molecule has 0 aliphatic heterocycles. The van der Waals surface area contributed by atoms with Crippen LogP contribution in [0.25, 0.3) is 11.1 Å². The van der Waals surface area contributed by atoms with Crippen molar-refractivity contribution in [2.45, 2.75) is 65.4 Å². The molecule has 2 heterocycles. The second-order valence-electron chi connectivity index (χ2n) is 16.2. The van der Waals surface area contributed by atoms with Gasteiger partial charge >= 0.3 is 5.97 Å². The Bertz CT molecular complexity index is 3050. The molecule has 0 radical (unpaired) electrons. The van der Waals surface area contributed by atoms with Crippen LogP contribution >= 0.6 is 23.2 Å². The monoisotopic (exact) mass is 963 g/mol. The van der Waals surface area contributed by atoms with E-state index in [1.165, 1.54) is 12.4 Å². The highest BCUT2D eigenvalue weighted by Crippen LogP contribution is 2.38. The maximum atomic E-state index is 12.7. The fourth-order valence-electron chi connectivity index (χ4n) is 7.66. The molecule has 1 unspecified atom stereocenters. The lowest BCUT2D eigenvalue weighted by molar-refractivity contribution is -0.146. The van der Waals surface area contributed by atoms with Gasteiger partial charge in [-0.2, -0.15) is 10.5 Å². The third-order valence-electron chi connectivity index (χ3n) is 11.6. The fourth-order valence-corrected chi connectivity index (χ4v) is 8.14. The van der Waals surface area contributed by atoms with Crippen LogP contribution in [-0.4, -0.2) is 43.4 Å². The van der Waals surface area contributed by atoms with Gasteiger partial charge in [-0.3, -0.25) is 20.1 Å². The number of carbonyl (C=O) groups is 1. The van der Waals surface area contributed by atoms with Gasteiger partial charge in [-0.05, 0) is 77.1 Å². The van der Waals surface area contributed by atoms with E-state index >= 15 is 0 Å². The Morgan fingerprint density at radius 2 is 1.10 bits per heavy atom. The molecular formula is C54H47Cl2N5O8. The number of carboxylic acids is 1. The molecule has 4 N–H and O–H groups in total. The summed E-state index contributed by atoms with van der Waals surface area (Å²) in [5.41, 5.74) is 7.86. The molecule has 69 heavy (non-hydrogen) atoms. The Labute approximate surface area is 409 Å². The molecule has 15 heteroatoms. The number of pyridine rings is 2. The molecule has 0 saturated carbocycles. The van der Waals surface area contributed by atoms with E-state index in [2.05, 4.69) is 27.4 Å². The van der Waals surface area contributed by atoms with Gasteiger partial charge in [0.15, 0.2) is 0 Å². The molecule has 0 spiro atoms. The van der Waals surface area contributed by atoms with E-state index in [1.807, 2.05) is 56.3 Å². The molecule has 1 atom stereocenters. The number of aliphatic hydroxyl groups excluding tert-OH is 2. The summed E-state index contributed by atoms with van der Waals surface area (Å²) >= 11 is 13.5. The summed E-state index contributed by atoms with van der Waals surface area (Å²) in [6.07, 6.45) is 6.13. The van der Waals surface area contributed by atoms with Crippen LogP contribution in [0.1, 0.15) is 61.2 Å². The van der Waals surface area contributed by atoms with Crippen molar-refractivity contribution in [1.29, 1.82) is 10.5 Å². The van der Waals surface area contributed by atoms with Gasteiger partial charge in [-0.1, -0.05) is 89.9 Å². The molecule has 7 rings (SSSR count). The van der Waals surface area contributed by atoms with Crippen LogP contribution in [0, 0.1) is 36.5 Å². The van der Waals surface area contributed by atoms with Crippen LogP contribution < -0.4 is 24.3 Å². The van der Waals surface area contributed by atoms with E-state index < -0.39 is 18.1 Å². The molecule has 0 aliphatic rings. The predicted octanol–water partition coefficient (Wildman–Crippen LogP) is 9.77. The first-order valence-corrected chi connectivity index (χ1v) is 22.4. The van der Waals surface area contributed by atoms with Gasteiger partial charge < -0.3 is 34.3 Å². The number of nitrogens with zero attached hydrogens (tertiary/aromatic N) is 4. The van der Waals surface area contributed by atoms with E-state index in [0.717, 1.165) is 38.9 Å². The van der Waals surface area contributed by atoms with Crippen LogP contribution in [0.5, 0.6) is 23.0 Å². The molecule has 0 bridgehead atoms. The van der Waals surface area contributed by atoms with Gasteiger partial charge in [0, 0.05) is 72.1 Å². The molecule has 350 valence electrons. The third kappa shape index (κ3) is 12.2. The number of rotatable bonds is 21. The lowest BCUT2D eigenvalue weighted by Gasteiger charge is -2.29. The van der Waals surface area contributed by atoms with Gasteiger partial charge in [0.25, 0.3) is 0 Å². The molecule has 0 aliphatic carbocycles. The summed E-state index contributed by atoms with van der Waals surface area (Å²) in [4.78, 5) is 20.9. The van der Waals surface area contributed by atoms with Crippen molar-refractivity contribution >= 4 is 29.2 Å². The topological polar surface area (TPSA) is 200 Å². The summed E-state index contributed by atoms with van der Waals surface area (Å²) in [6.45, 7) is 3.50. The first-order chi connectivity index (χ1) is 33.4. The lowest BCUT2D eigenvalue weighted by atomic mass is 9.91. The minimum atomic E-state index is -1.72. The summed E-state index contributed by atoms with van der Waals surface area (Å²) in [5.74, 6) is 0.198. The number of hydrogen-bond acceptors (Lipinski definition) is 12. The normalized spacial score (nSPS) is 11.8. The van der Waals surface area contributed by atoms with E-state index in [4.69, 9.17) is 42.1 Å². The second kappa shape index (κ2) is 23.0. The van der Waals surface area contributed by atoms with E-state index in [-0.39, 0.29) is 51.0 Å². The number of ether oxygens (including phenoxy) is 4. The number of aliphatic hydroxyl groups is 2. The Morgan fingerprint density at radius 3 is 1.58 bits per heavy atom. The maximum Gasteiger partial charge on any atom is 0.326 e. The van der Waals surface area contributed by atoms with Crippen molar-refractivity contribution in [3.8, 4) is 46.3 Å². The molecule has 2 aromatic heterocycles. The SMILES string of the molecule is Cc1c(COc2cc(OCc3cncc(C#N)c3)c(CO)cc2Cl)cccc1-c1cccc(COc2cc(OCc3cncc(C#N)c3)c(CNC(CO)(Cc3ccccc3)C(=O)O)cc2Cl)c1C. The maximum absolute atomic E-state index is 12.7. The Morgan fingerprint density at radius 1 is 0.609 bits per heavy atom. The molecular weight excluding hydrogens is 918 g/mol. The Balaban J connectivity index is 1.09. The lowest BCUT2D eigenvalue weighted by Crippen LogP contribution is -2.56. The zero-order valence-corrected chi connectivity index (χ0v) is 39.2. The largest absolute Gasteiger partial charge is 0.488 e. The number of aromatic nitrogens is 2. The number of carboxylic acid groups (broad SMARTS) is 1. The van der Waals surface area contributed by atoms with E-state index in [0.29, 0.717) is 61.4 Å². The fraction of sp³-hybridized carbons (Fsp3) is 0.204. The quantitative estimate of drug-likeness (QED) is 0.0531. The predicted molar refractivity (Wildman–Crippen MR) is 260 cm³/mol. The van der Waals surface area contributed by atoms with Crippen LogP contribution in [0.15, 0.2) is 128 Å². The van der Waals surface area contributed by atoms with Gasteiger partial charge in [0.1, 0.15) is 67.1 Å². The zero-order chi connectivity index (χ0) is 48.9. The van der Waals surface area contributed by atoms with Crippen LogP contribution in [0.4, 0.5) is 0 Å². The first kappa shape index (κ1) is 49.4. The zero-order valence-electron chi connectivity index (χ0n) is 37.7.